The zero-order valence-corrected chi connectivity index (χ0v) is 12.9. The molecule has 0 aliphatic carbocycles. The van der Waals surface area contributed by atoms with Gasteiger partial charge in [-0.25, -0.2) is 9.78 Å². The number of esters is 1. The van der Waals surface area contributed by atoms with E-state index in [0.29, 0.717) is 17.9 Å². The number of nitrogens with two attached hydrogens (primary N) is 1. The average Bonchev–Trinajstić information content (AvgIpc) is 2.89. The Morgan fingerprint density at radius 2 is 2.25 bits per heavy atom. The SMILES string of the molecule is CCOC(=O)c1ccc(N)c(Sc2nc(CC)ns2)c1. The number of hydrogen-bond donors (Lipinski definition) is 1. The largest absolute Gasteiger partial charge is 0.462 e. The van der Waals surface area contributed by atoms with Crippen LogP contribution < -0.4 is 5.73 Å². The molecule has 7 heteroatoms. The van der Waals surface area contributed by atoms with Crippen molar-refractivity contribution in [3.05, 3.63) is 29.6 Å². The van der Waals surface area contributed by atoms with Gasteiger partial charge >= 0.3 is 5.97 Å². The Labute approximate surface area is 125 Å². The number of aromatic nitrogens is 2. The normalized spacial score (nSPS) is 10.5. The lowest BCUT2D eigenvalue weighted by atomic mass is 10.2. The number of anilines is 1. The number of aryl methyl sites for hydroxylation is 1. The molecule has 0 spiro atoms. The van der Waals surface area contributed by atoms with Gasteiger partial charge in [0.05, 0.1) is 12.2 Å². The van der Waals surface area contributed by atoms with Crippen molar-refractivity contribution in [1.82, 2.24) is 9.36 Å². The lowest BCUT2D eigenvalue weighted by Gasteiger charge is -2.06. The van der Waals surface area contributed by atoms with Crippen molar-refractivity contribution in [3.63, 3.8) is 0 Å². The predicted molar refractivity (Wildman–Crippen MR) is 80.2 cm³/mol. The molecule has 0 fully saturated rings. The van der Waals surface area contributed by atoms with Gasteiger partial charge in [0, 0.05) is 17.0 Å². The molecule has 106 valence electrons. The van der Waals surface area contributed by atoms with Crippen molar-refractivity contribution in [2.45, 2.75) is 29.5 Å². The number of carbonyl (C=O) groups is 1. The summed E-state index contributed by atoms with van der Waals surface area (Å²) in [5.74, 6) is 0.471. The van der Waals surface area contributed by atoms with Crippen molar-refractivity contribution in [3.8, 4) is 0 Å². The minimum Gasteiger partial charge on any atom is -0.462 e. The van der Waals surface area contributed by atoms with Crippen molar-refractivity contribution in [2.75, 3.05) is 12.3 Å². The van der Waals surface area contributed by atoms with Crippen LogP contribution in [0.1, 0.15) is 30.0 Å². The summed E-state index contributed by atoms with van der Waals surface area (Å²) in [7, 11) is 0. The average molecular weight is 309 g/mol. The van der Waals surface area contributed by atoms with Gasteiger partial charge in [0.1, 0.15) is 5.82 Å². The van der Waals surface area contributed by atoms with Crippen LogP contribution in [0.15, 0.2) is 27.4 Å². The van der Waals surface area contributed by atoms with Crippen molar-refractivity contribution in [2.24, 2.45) is 0 Å². The number of rotatable bonds is 5. The van der Waals surface area contributed by atoms with Crippen LogP contribution in [-0.4, -0.2) is 21.9 Å². The van der Waals surface area contributed by atoms with E-state index in [-0.39, 0.29) is 5.97 Å². The Morgan fingerprint density at radius 3 is 2.90 bits per heavy atom. The van der Waals surface area contributed by atoms with E-state index in [0.717, 1.165) is 21.5 Å². The maximum Gasteiger partial charge on any atom is 0.338 e. The highest BCUT2D eigenvalue weighted by atomic mass is 32.2. The fourth-order valence-corrected chi connectivity index (χ4v) is 3.22. The van der Waals surface area contributed by atoms with Crippen LogP contribution in [0.2, 0.25) is 0 Å². The van der Waals surface area contributed by atoms with Crippen LogP contribution in [0.5, 0.6) is 0 Å². The molecule has 0 bridgehead atoms. The summed E-state index contributed by atoms with van der Waals surface area (Å²) in [6.07, 6.45) is 0.801. The second-order valence-corrected chi connectivity index (χ2v) is 5.95. The van der Waals surface area contributed by atoms with Crippen LogP contribution in [0.25, 0.3) is 0 Å². The zero-order valence-electron chi connectivity index (χ0n) is 11.3. The van der Waals surface area contributed by atoms with Crippen LogP contribution in [0.3, 0.4) is 0 Å². The number of carbonyl (C=O) groups excluding carboxylic acids is 1. The van der Waals surface area contributed by atoms with Crippen LogP contribution >= 0.6 is 23.3 Å². The first-order valence-corrected chi connectivity index (χ1v) is 7.80. The molecule has 0 radical (unpaired) electrons. The van der Waals surface area contributed by atoms with Gasteiger partial charge in [-0.2, -0.15) is 4.37 Å². The second-order valence-electron chi connectivity index (χ2n) is 3.91. The van der Waals surface area contributed by atoms with Crippen LogP contribution in [0, 0.1) is 0 Å². The molecule has 1 aromatic carbocycles. The number of nitrogens with zero attached hydrogens (tertiary/aromatic N) is 2. The molecule has 1 heterocycles. The molecule has 2 rings (SSSR count). The van der Waals surface area contributed by atoms with E-state index in [4.69, 9.17) is 10.5 Å². The summed E-state index contributed by atoms with van der Waals surface area (Å²) >= 11 is 2.74. The van der Waals surface area contributed by atoms with Gasteiger partial charge in [0.25, 0.3) is 0 Å². The number of ether oxygens (including phenoxy) is 1. The van der Waals surface area contributed by atoms with Crippen LogP contribution in [0.4, 0.5) is 5.69 Å². The lowest BCUT2D eigenvalue weighted by molar-refractivity contribution is 0.0526. The van der Waals surface area contributed by atoms with E-state index in [9.17, 15) is 4.79 Å². The molecule has 20 heavy (non-hydrogen) atoms. The quantitative estimate of drug-likeness (QED) is 0.675. The lowest BCUT2D eigenvalue weighted by Crippen LogP contribution is -2.05. The highest BCUT2D eigenvalue weighted by molar-refractivity contribution is 8.01. The number of nitrogen functional groups attached to an aromatic ring is 1. The second kappa shape index (κ2) is 6.71. The highest BCUT2D eigenvalue weighted by Gasteiger charge is 2.12. The minimum absolute atomic E-state index is 0.346. The molecule has 2 N–H and O–H groups in total. The molecule has 1 aromatic heterocycles. The van der Waals surface area contributed by atoms with Crippen molar-refractivity contribution >= 4 is 35.0 Å². The summed E-state index contributed by atoms with van der Waals surface area (Å²) < 4.78 is 10.0. The molecule has 0 aliphatic rings. The molecule has 0 amide bonds. The van der Waals surface area contributed by atoms with E-state index in [1.807, 2.05) is 6.92 Å². The topological polar surface area (TPSA) is 78.1 Å². The van der Waals surface area contributed by atoms with E-state index >= 15 is 0 Å². The van der Waals surface area contributed by atoms with Crippen molar-refractivity contribution < 1.29 is 9.53 Å². The van der Waals surface area contributed by atoms with E-state index in [1.54, 1.807) is 25.1 Å². The Morgan fingerprint density at radius 1 is 1.45 bits per heavy atom. The zero-order chi connectivity index (χ0) is 14.5. The summed E-state index contributed by atoms with van der Waals surface area (Å²) in [4.78, 5) is 16.9. The first-order valence-electron chi connectivity index (χ1n) is 6.21. The molecule has 0 saturated heterocycles. The summed E-state index contributed by atoms with van der Waals surface area (Å²) in [5, 5.41) is 0. The van der Waals surface area contributed by atoms with Gasteiger partial charge in [0.2, 0.25) is 0 Å². The molecule has 5 nitrogen and oxygen atoms in total. The summed E-state index contributed by atoms with van der Waals surface area (Å²) in [6.45, 7) is 4.13. The Hall–Kier alpha value is -1.60. The fraction of sp³-hybridized carbons (Fsp3) is 0.308. The molecule has 0 unspecified atom stereocenters. The maximum absolute atomic E-state index is 11.7. The smallest absolute Gasteiger partial charge is 0.338 e. The van der Waals surface area contributed by atoms with Crippen LogP contribution in [-0.2, 0) is 11.2 Å². The molecular formula is C13H15N3O2S2. The summed E-state index contributed by atoms with van der Waals surface area (Å²) in [6, 6.07) is 5.09. The maximum atomic E-state index is 11.7. The number of hydrogen-bond acceptors (Lipinski definition) is 7. The standard InChI is InChI=1S/C13H15N3O2S2/c1-3-11-15-13(20-16-11)19-10-7-8(5-6-9(10)14)12(17)18-4-2/h5-7H,3-4,14H2,1-2H3. The Kier molecular flexibility index (Phi) is 4.97. The first kappa shape index (κ1) is 14.8. The van der Waals surface area contributed by atoms with Crippen molar-refractivity contribution in [1.29, 1.82) is 0 Å². The van der Waals surface area contributed by atoms with Gasteiger partial charge in [-0.1, -0.05) is 18.7 Å². The van der Waals surface area contributed by atoms with Gasteiger partial charge < -0.3 is 10.5 Å². The highest BCUT2D eigenvalue weighted by Crippen LogP contribution is 2.33. The predicted octanol–water partition coefficient (Wildman–Crippen LogP) is 3.01. The van der Waals surface area contributed by atoms with Gasteiger partial charge in [-0.05, 0) is 36.7 Å². The molecule has 0 saturated carbocycles. The number of benzene rings is 1. The van der Waals surface area contributed by atoms with Gasteiger partial charge in [0.15, 0.2) is 4.34 Å². The van der Waals surface area contributed by atoms with E-state index in [2.05, 4.69) is 9.36 Å². The summed E-state index contributed by atoms with van der Waals surface area (Å²) in [5.41, 5.74) is 7.03. The molecule has 2 aromatic rings. The third kappa shape index (κ3) is 3.49. The third-order valence-electron chi connectivity index (χ3n) is 2.49. The Balaban J connectivity index is 2.22. The monoisotopic (exact) mass is 309 g/mol. The molecule has 0 atom stereocenters. The fourth-order valence-electron chi connectivity index (χ4n) is 1.48. The van der Waals surface area contributed by atoms with E-state index < -0.39 is 0 Å². The Bertz CT molecular complexity index is 613. The molecular weight excluding hydrogens is 294 g/mol. The van der Waals surface area contributed by atoms with Gasteiger partial charge in [-0.15, -0.1) is 0 Å². The minimum atomic E-state index is -0.346. The van der Waals surface area contributed by atoms with E-state index in [1.165, 1.54) is 23.3 Å². The first-order chi connectivity index (χ1) is 9.63. The molecule has 0 aliphatic heterocycles. The van der Waals surface area contributed by atoms with Gasteiger partial charge in [-0.3, -0.25) is 0 Å². The third-order valence-corrected chi connectivity index (χ3v) is 4.35.